The minimum atomic E-state index is -0.625. The van der Waals surface area contributed by atoms with Crippen molar-refractivity contribution in [2.75, 3.05) is 5.32 Å². The molecule has 1 aromatic carbocycles. The molecule has 2 rings (SSSR count). The van der Waals surface area contributed by atoms with Crippen molar-refractivity contribution in [3.63, 3.8) is 0 Å². The Kier molecular flexibility index (Phi) is 2.41. The molecule has 1 N–H and O–H groups in total. The van der Waals surface area contributed by atoms with Crippen LogP contribution in [0.2, 0.25) is 0 Å². The van der Waals surface area contributed by atoms with Crippen molar-refractivity contribution in [2.45, 2.75) is 0 Å². The van der Waals surface area contributed by atoms with Gasteiger partial charge < -0.3 is 5.32 Å². The van der Waals surface area contributed by atoms with Crippen LogP contribution in [0.1, 0.15) is 0 Å². The quantitative estimate of drug-likeness (QED) is 0.827. The molecule has 2 nitrogen and oxygen atoms in total. The molecular formula is C9H6F2N2S. The van der Waals surface area contributed by atoms with Gasteiger partial charge in [-0.15, -0.1) is 11.3 Å². The molecule has 14 heavy (non-hydrogen) atoms. The summed E-state index contributed by atoms with van der Waals surface area (Å²) in [4.78, 5) is 3.87. The van der Waals surface area contributed by atoms with Gasteiger partial charge in [0.2, 0.25) is 0 Å². The van der Waals surface area contributed by atoms with Crippen molar-refractivity contribution >= 4 is 22.2 Å². The maximum atomic E-state index is 13.1. The van der Waals surface area contributed by atoms with E-state index in [-0.39, 0.29) is 5.69 Å². The zero-order valence-corrected chi connectivity index (χ0v) is 7.81. The topological polar surface area (TPSA) is 24.9 Å². The van der Waals surface area contributed by atoms with E-state index in [1.54, 1.807) is 11.6 Å². The van der Waals surface area contributed by atoms with E-state index in [1.165, 1.54) is 29.5 Å². The number of thiazole rings is 1. The maximum Gasteiger partial charge on any atom is 0.187 e. The molecule has 0 spiro atoms. The Morgan fingerprint density at radius 1 is 1.21 bits per heavy atom. The van der Waals surface area contributed by atoms with E-state index in [0.717, 1.165) is 0 Å². The third-order valence-corrected chi connectivity index (χ3v) is 2.32. The van der Waals surface area contributed by atoms with E-state index in [1.807, 2.05) is 0 Å². The van der Waals surface area contributed by atoms with Gasteiger partial charge in [0.25, 0.3) is 0 Å². The molecule has 2 aromatic rings. The minimum Gasteiger partial charge on any atom is -0.327 e. The first-order chi connectivity index (χ1) is 6.77. The van der Waals surface area contributed by atoms with Crippen LogP contribution >= 0.6 is 11.3 Å². The smallest absolute Gasteiger partial charge is 0.187 e. The van der Waals surface area contributed by atoms with Crippen molar-refractivity contribution in [2.24, 2.45) is 0 Å². The van der Waals surface area contributed by atoms with Gasteiger partial charge in [0.15, 0.2) is 5.13 Å². The van der Waals surface area contributed by atoms with Crippen LogP contribution in [-0.4, -0.2) is 4.98 Å². The lowest BCUT2D eigenvalue weighted by molar-refractivity contribution is 0.591. The number of halogens is 2. The van der Waals surface area contributed by atoms with Crippen LogP contribution in [0.3, 0.4) is 0 Å². The van der Waals surface area contributed by atoms with E-state index in [4.69, 9.17) is 0 Å². The summed E-state index contributed by atoms with van der Waals surface area (Å²) in [6.45, 7) is 0. The number of aromatic nitrogens is 1. The van der Waals surface area contributed by atoms with Gasteiger partial charge in [0, 0.05) is 11.6 Å². The number of rotatable bonds is 2. The van der Waals surface area contributed by atoms with Crippen molar-refractivity contribution in [3.05, 3.63) is 41.4 Å². The highest BCUT2D eigenvalue weighted by atomic mass is 32.1. The molecule has 0 radical (unpaired) electrons. The van der Waals surface area contributed by atoms with E-state index in [2.05, 4.69) is 10.3 Å². The molecule has 0 saturated carbocycles. The van der Waals surface area contributed by atoms with Crippen LogP contribution in [-0.2, 0) is 0 Å². The predicted octanol–water partition coefficient (Wildman–Crippen LogP) is 3.16. The number of benzene rings is 1. The third kappa shape index (κ3) is 1.72. The molecule has 0 aliphatic rings. The Morgan fingerprint density at radius 2 is 1.93 bits per heavy atom. The fourth-order valence-electron chi connectivity index (χ4n) is 1.01. The molecule has 0 aliphatic heterocycles. The van der Waals surface area contributed by atoms with Gasteiger partial charge in [0.05, 0.1) is 0 Å². The summed E-state index contributed by atoms with van der Waals surface area (Å²) in [5.41, 5.74) is -0.164. The van der Waals surface area contributed by atoms with Crippen LogP contribution in [0.15, 0.2) is 29.8 Å². The first-order valence-electron chi connectivity index (χ1n) is 3.88. The van der Waals surface area contributed by atoms with Crippen LogP contribution in [0.4, 0.5) is 19.6 Å². The van der Waals surface area contributed by atoms with E-state index in [0.29, 0.717) is 5.13 Å². The molecule has 0 fully saturated rings. The molecule has 0 unspecified atom stereocenters. The Balaban J connectivity index is 2.33. The second-order valence-corrected chi connectivity index (χ2v) is 3.45. The molecule has 0 saturated heterocycles. The van der Waals surface area contributed by atoms with Gasteiger partial charge in [-0.1, -0.05) is 6.07 Å². The highest BCUT2D eigenvalue weighted by Gasteiger charge is 2.08. The lowest BCUT2D eigenvalue weighted by Gasteiger charge is -2.04. The molecule has 1 aromatic heterocycles. The summed E-state index contributed by atoms with van der Waals surface area (Å²) >= 11 is 1.28. The second-order valence-electron chi connectivity index (χ2n) is 2.56. The molecule has 0 amide bonds. The highest BCUT2D eigenvalue weighted by Crippen LogP contribution is 2.23. The van der Waals surface area contributed by atoms with Gasteiger partial charge in [-0.05, 0) is 12.1 Å². The molecule has 72 valence electrons. The monoisotopic (exact) mass is 212 g/mol. The second kappa shape index (κ2) is 3.71. The average molecular weight is 212 g/mol. The molecular weight excluding hydrogens is 206 g/mol. The van der Waals surface area contributed by atoms with Crippen LogP contribution in [0.5, 0.6) is 0 Å². The van der Waals surface area contributed by atoms with Gasteiger partial charge in [-0.2, -0.15) is 0 Å². The van der Waals surface area contributed by atoms with Gasteiger partial charge in [0.1, 0.15) is 17.3 Å². The Morgan fingerprint density at radius 3 is 2.50 bits per heavy atom. The first kappa shape index (κ1) is 9.08. The predicted molar refractivity (Wildman–Crippen MR) is 51.8 cm³/mol. The lowest BCUT2D eigenvalue weighted by atomic mass is 10.3. The molecule has 5 heteroatoms. The number of para-hydroxylation sites is 1. The van der Waals surface area contributed by atoms with Gasteiger partial charge >= 0.3 is 0 Å². The zero-order valence-electron chi connectivity index (χ0n) is 7.00. The van der Waals surface area contributed by atoms with Gasteiger partial charge in [-0.25, -0.2) is 13.8 Å². The summed E-state index contributed by atoms with van der Waals surface area (Å²) < 4.78 is 26.2. The fourth-order valence-corrected chi connectivity index (χ4v) is 1.54. The van der Waals surface area contributed by atoms with E-state index in [9.17, 15) is 8.78 Å². The summed E-state index contributed by atoms with van der Waals surface area (Å²) in [5, 5.41) is 4.77. The minimum absolute atomic E-state index is 0.164. The Hall–Kier alpha value is -1.49. The van der Waals surface area contributed by atoms with Crippen molar-refractivity contribution < 1.29 is 8.78 Å². The standard InChI is InChI=1S/C9H6F2N2S/c10-6-2-1-3-7(11)8(6)13-9-12-4-5-14-9/h1-5H,(H,12,13). The molecule has 1 heterocycles. The lowest BCUT2D eigenvalue weighted by Crippen LogP contribution is -1.96. The van der Waals surface area contributed by atoms with Crippen LogP contribution in [0.25, 0.3) is 0 Å². The van der Waals surface area contributed by atoms with Crippen LogP contribution in [0, 0.1) is 11.6 Å². The zero-order chi connectivity index (χ0) is 9.97. The van der Waals surface area contributed by atoms with E-state index >= 15 is 0 Å². The fraction of sp³-hybridized carbons (Fsp3) is 0. The molecule has 0 bridgehead atoms. The number of nitrogens with zero attached hydrogens (tertiary/aromatic N) is 1. The number of hydrogen-bond donors (Lipinski definition) is 1. The van der Waals surface area contributed by atoms with Crippen molar-refractivity contribution in [1.82, 2.24) is 4.98 Å². The summed E-state index contributed by atoms with van der Waals surface area (Å²) in [5.74, 6) is -1.25. The average Bonchev–Trinajstić information content (AvgIpc) is 2.64. The largest absolute Gasteiger partial charge is 0.327 e. The van der Waals surface area contributed by atoms with Crippen molar-refractivity contribution in [3.8, 4) is 0 Å². The Labute approximate surface area is 83.2 Å². The van der Waals surface area contributed by atoms with Gasteiger partial charge in [-0.3, -0.25) is 0 Å². The maximum absolute atomic E-state index is 13.1. The normalized spacial score (nSPS) is 10.1. The number of nitrogens with one attached hydrogen (secondary N) is 1. The summed E-state index contributed by atoms with van der Waals surface area (Å²) in [7, 11) is 0. The van der Waals surface area contributed by atoms with Crippen molar-refractivity contribution in [1.29, 1.82) is 0 Å². The summed E-state index contributed by atoms with van der Waals surface area (Å²) in [6.07, 6.45) is 1.56. The summed E-state index contributed by atoms with van der Waals surface area (Å²) in [6, 6.07) is 3.70. The SMILES string of the molecule is Fc1cccc(F)c1Nc1nccs1. The molecule has 0 atom stereocenters. The van der Waals surface area contributed by atoms with Crippen LogP contribution < -0.4 is 5.32 Å². The number of hydrogen-bond acceptors (Lipinski definition) is 3. The number of anilines is 2. The highest BCUT2D eigenvalue weighted by molar-refractivity contribution is 7.13. The Bertz CT molecular complexity index is 408. The third-order valence-electron chi connectivity index (χ3n) is 1.63. The first-order valence-corrected chi connectivity index (χ1v) is 4.76. The molecule has 0 aliphatic carbocycles. The van der Waals surface area contributed by atoms with E-state index < -0.39 is 11.6 Å².